The lowest BCUT2D eigenvalue weighted by Crippen LogP contribution is -2.19. The summed E-state index contributed by atoms with van der Waals surface area (Å²) in [6, 6.07) is 10.8. The van der Waals surface area contributed by atoms with Crippen LogP contribution in [0.2, 0.25) is 0 Å². The summed E-state index contributed by atoms with van der Waals surface area (Å²) in [5.41, 5.74) is 2.98. The lowest BCUT2D eigenvalue weighted by Gasteiger charge is -2.23. The summed E-state index contributed by atoms with van der Waals surface area (Å²) in [5, 5.41) is 3.32. The van der Waals surface area contributed by atoms with E-state index in [0.717, 1.165) is 36.8 Å². The van der Waals surface area contributed by atoms with Crippen LogP contribution < -0.4 is 10.2 Å². The molecular weight excluding hydrogens is 265 g/mol. The second-order valence-corrected chi connectivity index (χ2v) is 4.98. The molecule has 0 atom stereocenters. The minimum atomic E-state index is -0.230. The molecule has 1 aromatic heterocycles. The third-order valence-corrected chi connectivity index (χ3v) is 3.29. The molecule has 21 heavy (non-hydrogen) atoms. The van der Waals surface area contributed by atoms with Gasteiger partial charge in [0.25, 0.3) is 0 Å². The van der Waals surface area contributed by atoms with Gasteiger partial charge in [0.1, 0.15) is 11.6 Å². The number of anilines is 2. The van der Waals surface area contributed by atoms with Gasteiger partial charge in [0, 0.05) is 24.5 Å². The molecule has 0 unspecified atom stereocenters. The van der Waals surface area contributed by atoms with Crippen molar-refractivity contribution in [3.8, 4) is 0 Å². The Bertz CT molecular complexity index is 598. The Hall–Kier alpha value is -1.94. The lowest BCUT2D eigenvalue weighted by atomic mass is 10.2. The van der Waals surface area contributed by atoms with Crippen molar-refractivity contribution < 1.29 is 4.39 Å². The molecule has 1 aromatic carbocycles. The third-order valence-electron chi connectivity index (χ3n) is 3.29. The van der Waals surface area contributed by atoms with E-state index in [1.807, 2.05) is 24.8 Å². The fraction of sp³-hybridized carbons (Fsp3) is 0.353. The van der Waals surface area contributed by atoms with Crippen LogP contribution in [-0.2, 0) is 6.54 Å². The van der Waals surface area contributed by atoms with Crippen LogP contribution in [0.3, 0.4) is 0 Å². The highest BCUT2D eigenvalue weighted by Gasteiger charge is 2.11. The zero-order valence-electron chi connectivity index (χ0n) is 12.9. The van der Waals surface area contributed by atoms with Gasteiger partial charge in [0.2, 0.25) is 0 Å². The summed E-state index contributed by atoms with van der Waals surface area (Å²) >= 11 is 0. The van der Waals surface area contributed by atoms with Gasteiger partial charge in [-0.3, -0.25) is 0 Å². The normalized spacial score (nSPS) is 10.7. The minimum absolute atomic E-state index is 0.230. The molecule has 1 heterocycles. The number of benzene rings is 1. The second-order valence-electron chi connectivity index (χ2n) is 4.98. The largest absolute Gasteiger partial charge is 0.327 e. The number of halogens is 1. The number of nitrogens with zero attached hydrogens (tertiary/aromatic N) is 2. The highest BCUT2D eigenvalue weighted by atomic mass is 19.1. The Labute approximate surface area is 125 Å². The molecule has 112 valence electrons. The van der Waals surface area contributed by atoms with Gasteiger partial charge >= 0.3 is 0 Å². The van der Waals surface area contributed by atoms with E-state index in [1.54, 1.807) is 6.07 Å². The second kappa shape index (κ2) is 7.18. The number of aromatic nitrogens is 1. The van der Waals surface area contributed by atoms with Crippen molar-refractivity contribution in [1.29, 1.82) is 0 Å². The summed E-state index contributed by atoms with van der Waals surface area (Å²) in [5.74, 6) is 0.627. The first-order valence-electron chi connectivity index (χ1n) is 7.35. The first-order chi connectivity index (χ1) is 10.1. The summed E-state index contributed by atoms with van der Waals surface area (Å²) in [6.07, 6.45) is 0. The third kappa shape index (κ3) is 4.02. The number of pyridine rings is 1. The molecule has 0 aliphatic heterocycles. The fourth-order valence-corrected chi connectivity index (χ4v) is 2.35. The zero-order valence-corrected chi connectivity index (χ0v) is 12.9. The lowest BCUT2D eigenvalue weighted by molar-refractivity contribution is 0.627. The van der Waals surface area contributed by atoms with E-state index < -0.39 is 0 Å². The van der Waals surface area contributed by atoms with Crippen molar-refractivity contribution in [2.45, 2.75) is 27.3 Å². The predicted molar refractivity (Wildman–Crippen MR) is 85.4 cm³/mol. The molecule has 0 fully saturated rings. The number of hydrogen-bond acceptors (Lipinski definition) is 3. The van der Waals surface area contributed by atoms with Gasteiger partial charge in [-0.05, 0) is 56.3 Å². The van der Waals surface area contributed by atoms with Gasteiger partial charge in [0.05, 0.1) is 0 Å². The molecule has 2 rings (SSSR count). The van der Waals surface area contributed by atoms with E-state index >= 15 is 0 Å². The molecule has 0 spiro atoms. The monoisotopic (exact) mass is 287 g/mol. The molecule has 4 heteroatoms. The van der Waals surface area contributed by atoms with Crippen molar-refractivity contribution in [2.24, 2.45) is 0 Å². The van der Waals surface area contributed by atoms with Gasteiger partial charge in [-0.2, -0.15) is 0 Å². The van der Waals surface area contributed by atoms with Crippen LogP contribution >= 0.6 is 0 Å². The van der Waals surface area contributed by atoms with E-state index in [0.29, 0.717) is 0 Å². The first kappa shape index (κ1) is 15.4. The van der Waals surface area contributed by atoms with Gasteiger partial charge in [0.15, 0.2) is 0 Å². The Morgan fingerprint density at radius 1 is 1.19 bits per heavy atom. The van der Waals surface area contributed by atoms with Crippen LogP contribution in [0.4, 0.5) is 15.9 Å². The van der Waals surface area contributed by atoms with E-state index in [1.165, 1.54) is 17.7 Å². The minimum Gasteiger partial charge on any atom is -0.327 e. The van der Waals surface area contributed by atoms with Crippen LogP contribution in [0, 0.1) is 12.7 Å². The maximum Gasteiger partial charge on any atom is 0.133 e. The molecule has 0 radical (unpaired) electrons. The highest BCUT2D eigenvalue weighted by molar-refractivity contribution is 5.60. The molecule has 0 aliphatic carbocycles. The van der Waals surface area contributed by atoms with Gasteiger partial charge in [-0.25, -0.2) is 9.37 Å². The average molecular weight is 287 g/mol. The van der Waals surface area contributed by atoms with E-state index in [-0.39, 0.29) is 5.82 Å². The predicted octanol–water partition coefficient (Wildman–Crippen LogP) is 3.80. The Balaban J connectivity index is 2.35. The van der Waals surface area contributed by atoms with E-state index in [4.69, 9.17) is 0 Å². The van der Waals surface area contributed by atoms with E-state index in [9.17, 15) is 4.39 Å². The number of rotatable bonds is 6. The Morgan fingerprint density at radius 3 is 2.67 bits per heavy atom. The van der Waals surface area contributed by atoms with Gasteiger partial charge < -0.3 is 10.2 Å². The van der Waals surface area contributed by atoms with Crippen molar-refractivity contribution in [3.63, 3.8) is 0 Å². The Morgan fingerprint density at radius 2 is 2.00 bits per heavy atom. The fourth-order valence-electron chi connectivity index (χ4n) is 2.35. The van der Waals surface area contributed by atoms with Crippen molar-refractivity contribution in [2.75, 3.05) is 18.0 Å². The molecule has 2 aromatic rings. The smallest absolute Gasteiger partial charge is 0.133 e. The van der Waals surface area contributed by atoms with Crippen LogP contribution in [0.15, 0.2) is 36.4 Å². The molecule has 1 N–H and O–H groups in total. The zero-order chi connectivity index (χ0) is 15.2. The summed E-state index contributed by atoms with van der Waals surface area (Å²) in [6.45, 7) is 8.59. The van der Waals surface area contributed by atoms with Gasteiger partial charge in [-0.15, -0.1) is 0 Å². The maximum atomic E-state index is 13.4. The molecule has 0 saturated heterocycles. The maximum absolute atomic E-state index is 13.4. The number of hydrogen-bond donors (Lipinski definition) is 1. The molecule has 0 aliphatic rings. The number of nitrogens with one attached hydrogen (secondary N) is 1. The molecule has 3 nitrogen and oxygen atoms in total. The van der Waals surface area contributed by atoms with Crippen molar-refractivity contribution in [3.05, 3.63) is 53.5 Å². The molecule has 0 amide bonds. The van der Waals surface area contributed by atoms with E-state index in [2.05, 4.69) is 29.4 Å². The highest BCUT2D eigenvalue weighted by Crippen LogP contribution is 2.25. The summed E-state index contributed by atoms with van der Waals surface area (Å²) in [7, 11) is 0. The summed E-state index contributed by atoms with van der Waals surface area (Å²) < 4.78 is 13.4. The molecule has 0 saturated carbocycles. The SMILES string of the molecule is CCNCc1cc(C)nc(N(CC)c2cccc(F)c2)c1. The Kier molecular flexibility index (Phi) is 5.28. The van der Waals surface area contributed by atoms with Crippen LogP contribution in [-0.4, -0.2) is 18.1 Å². The van der Waals surface area contributed by atoms with Gasteiger partial charge in [-0.1, -0.05) is 13.0 Å². The average Bonchev–Trinajstić information content (AvgIpc) is 2.45. The quantitative estimate of drug-likeness (QED) is 0.876. The van der Waals surface area contributed by atoms with Crippen molar-refractivity contribution >= 4 is 11.5 Å². The standard InChI is InChI=1S/C17H22FN3/c1-4-19-12-14-9-13(3)20-17(10-14)21(5-2)16-8-6-7-15(18)11-16/h6-11,19H,4-5,12H2,1-3H3. The number of aryl methyl sites for hydroxylation is 1. The molecular formula is C17H22FN3. The first-order valence-corrected chi connectivity index (χ1v) is 7.35. The topological polar surface area (TPSA) is 28.2 Å². The van der Waals surface area contributed by atoms with Crippen LogP contribution in [0.1, 0.15) is 25.1 Å². The van der Waals surface area contributed by atoms with Crippen LogP contribution in [0.25, 0.3) is 0 Å². The summed E-state index contributed by atoms with van der Waals surface area (Å²) in [4.78, 5) is 6.61. The molecule has 0 bridgehead atoms. The van der Waals surface area contributed by atoms with Crippen LogP contribution in [0.5, 0.6) is 0 Å². The van der Waals surface area contributed by atoms with Crippen molar-refractivity contribution in [1.82, 2.24) is 10.3 Å².